The molecule has 0 saturated carbocycles. The van der Waals surface area contributed by atoms with Crippen molar-refractivity contribution in [3.05, 3.63) is 26.6 Å². The Bertz CT molecular complexity index is 799. The molecule has 2 aromatic heterocycles. The van der Waals surface area contributed by atoms with E-state index in [1.54, 1.807) is 16.5 Å². The number of carbonyl (C=O) groups is 1. The van der Waals surface area contributed by atoms with Gasteiger partial charge in [0.2, 0.25) is 0 Å². The first-order valence-electron chi connectivity index (χ1n) is 7.47. The molecular formula is C15H21ClN4O2S. The molecule has 0 aliphatic carbocycles. The molecule has 0 unspecified atom stereocenters. The molecule has 1 amide bonds. The summed E-state index contributed by atoms with van der Waals surface area (Å²) in [7, 11) is 3.64. The average molecular weight is 357 g/mol. The third-order valence-electron chi connectivity index (χ3n) is 4.15. The summed E-state index contributed by atoms with van der Waals surface area (Å²) in [6.07, 6.45) is 1.81. The summed E-state index contributed by atoms with van der Waals surface area (Å²) in [5.41, 5.74) is 0.768. The van der Waals surface area contributed by atoms with Crippen molar-refractivity contribution in [2.24, 2.45) is 0 Å². The van der Waals surface area contributed by atoms with Crippen LogP contribution < -0.4 is 10.9 Å². The van der Waals surface area contributed by atoms with Crippen LogP contribution in [0.1, 0.15) is 27.5 Å². The summed E-state index contributed by atoms with van der Waals surface area (Å²) >= 11 is 1.34. The zero-order chi connectivity index (χ0) is 15.9. The van der Waals surface area contributed by atoms with Crippen LogP contribution in [0.2, 0.25) is 0 Å². The molecule has 0 spiro atoms. The van der Waals surface area contributed by atoms with E-state index in [2.05, 4.69) is 10.3 Å². The molecule has 0 bridgehead atoms. The van der Waals surface area contributed by atoms with E-state index in [9.17, 15) is 9.59 Å². The first-order chi connectivity index (χ1) is 10.5. The van der Waals surface area contributed by atoms with E-state index in [1.165, 1.54) is 11.3 Å². The van der Waals surface area contributed by atoms with Gasteiger partial charge in [0.15, 0.2) is 0 Å². The molecule has 6 nitrogen and oxygen atoms in total. The lowest BCUT2D eigenvalue weighted by atomic mass is 10.2. The molecule has 3 heterocycles. The van der Waals surface area contributed by atoms with E-state index in [-0.39, 0.29) is 23.9 Å². The van der Waals surface area contributed by atoms with E-state index in [0.29, 0.717) is 21.6 Å². The van der Waals surface area contributed by atoms with Gasteiger partial charge in [-0.2, -0.15) is 0 Å². The highest BCUT2D eigenvalue weighted by atomic mass is 35.5. The molecule has 2 aromatic rings. The highest BCUT2D eigenvalue weighted by Crippen LogP contribution is 2.29. The van der Waals surface area contributed by atoms with Gasteiger partial charge in [0.25, 0.3) is 11.5 Å². The number of hydrogen-bond acceptors (Lipinski definition) is 5. The third kappa shape index (κ3) is 3.00. The molecule has 0 aromatic carbocycles. The number of aryl methyl sites for hydroxylation is 2. The number of rotatable bonds is 4. The van der Waals surface area contributed by atoms with Crippen molar-refractivity contribution in [2.45, 2.75) is 26.3 Å². The highest BCUT2D eigenvalue weighted by molar-refractivity contribution is 7.20. The van der Waals surface area contributed by atoms with E-state index in [1.807, 2.05) is 14.0 Å². The van der Waals surface area contributed by atoms with Gasteiger partial charge in [0.1, 0.15) is 10.7 Å². The number of carbonyl (C=O) groups excluding carboxylic acids is 1. The topological polar surface area (TPSA) is 67.2 Å². The Morgan fingerprint density at radius 2 is 2.22 bits per heavy atom. The number of aromatic nitrogens is 2. The molecule has 1 aliphatic heterocycles. The predicted octanol–water partition coefficient (Wildman–Crippen LogP) is 1.43. The lowest BCUT2D eigenvalue weighted by molar-refractivity contribution is 0.0801. The maximum Gasteiger partial charge on any atom is 0.264 e. The van der Waals surface area contributed by atoms with Crippen molar-refractivity contribution in [1.82, 2.24) is 19.8 Å². The molecule has 3 rings (SSSR count). The zero-order valence-electron chi connectivity index (χ0n) is 13.5. The predicted molar refractivity (Wildman–Crippen MR) is 95.1 cm³/mol. The van der Waals surface area contributed by atoms with Crippen LogP contribution in [0.4, 0.5) is 0 Å². The van der Waals surface area contributed by atoms with Crippen LogP contribution in [0.3, 0.4) is 0 Å². The third-order valence-corrected chi connectivity index (χ3v) is 5.32. The molecule has 0 saturated heterocycles. The summed E-state index contributed by atoms with van der Waals surface area (Å²) in [6.45, 7) is 3.95. The van der Waals surface area contributed by atoms with Gasteiger partial charge in [0.05, 0.1) is 10.3 Å². The average Bonchev–Trinajstić information content (AvgIpc) is 3.09. The van der Waals surface area contributed by atoms with Crippen LogP contribution in [-0.4, -0.2) is 47.5 Å². The van der Waals surface area contributed by atoms with E-state index in [0.717, 1.165) is 37.3 Å². The van der Waals surface area contributed by atoms with Crippen LogP contribution in [0, 0.1) is 6.92 Å². The first-order valence-corrected chi connectivity index (χ1v) is 8.29. The van der Waals surface area contributed by atoms with Crippen LogP contribution >= 0.6 is 23.7 Å². The molecule has 0 fully saturated rings. The SMILES string of the molecule is CNCCN(C)C(=O)c1sc2nc3n(c(=O)c2c1C)CCC3.Cl. The van der Waals surface area contributed by atoms with Crippen molar-refractivity contribution < 1.29 is 4.79 Å². The van der Waals surface area contributed by atoms with Gasteiger partial charge in [-0.25, -0.2) is 4.98 Å². The van der Waals surface area contributed by atoms with Gasteiger partial charge in [-0.05, 0) is 26.0 Å². The Morgan fingerprint density at radius 1 is 1.48 bits per heavy atom. The number of nitrogens with zero attached hydrogens (tertiary/aromatic N) is 3. The molecular weight excluding hydrogens is 336 g/mol. The van der Waals surface area contributed by atoms with Crippen LogP contribution in [0.5, 0.6) is 0 Å². The molecule has 8 heteroatoms. The van der Waals surface area contributed by atoms with Crippen LogP contribution in [-0.2, 0) is 13.0 Å². The Hall–Kier alpha value is -1.44. The summed E-state index contributed by atoms with van der Waals surface area (Å²) in [4.78, 5) is 32.8. The minimum atomic E-state index is -0.0414. The van der Waals surface area contributed by atoms with Crippen molar-refractivity contribution in [1.29, 1.82) is 0 Å². The highest BCUT2D eigenvalue weighted by Gasteiger charge is 2.24. The Morgan fingerprint density at radius 3 is 2.91 bits per heavy atom. The fourth-order valence-corrected chi connectivity index (χ4v) is 4.02. The second-order valence-electron chi connectivity index (χ2n) is 5.65. The quantitative estimate of drug-likeness (QED) is 0.899. The summed E-state index contributed by atoms with van der Waals surface area (Å²) in [5.74, 6) is 0.807. The van der Waals surface area contributed by atoms with Gasteiger partial charge in [-0.1, -0.05) is 0 Å². The molecule has 0 radical (unpaired) electrons. The Balaban J connectivity index is 0.00000192. The van der Waals surface area contributed by atoms with Gasteiger partial charge >= 0.3 is 0 Å². The minimum absolute atomic E-state index is 0. The number of thiophene rings is 1. The molecule has 1 aliphatic rings. The summed E-state index contributed by atoms with van der Waals surface area (Å²) in [6, 6.07) is 0. The standard InChI is InChI=1S/C15H20N4O2S.ClH/c1-9-11-13(17-10-5-4-7-19(10)14(11)20)22-12(9)15(21)18(3)8-6-16-2;/h16H,4-8H2,1-3H3;1H. The maximum absolute atomic E-state index is 12.6. The number of halogens is 1. The largest absolute Gasteiger partial charge is 0.340 e. The van der Waals surface area contributed by atoms with Crippen LogP contribution in [0.25, 0.3) is 10.2 Å². The Kier molecular flexibility index (Phi) is 5.44. The fraction of sp³-hybridized carbons (Fsp3) is 0.533. The molecule has 1 N–H and O–H groups in total. The lowest BCUT2D eigenvalue weighted by Crippen LogP contribution is -2.32. The van der Waals surface area contributed by atoms with Gasteiger partial charge in [-0.15, -0.1) is 23.7 Å². The van der Waals surface area contributed by atoms with E-state index >= 15 is 0 Å². The first kappa shape index (κ1) is 17.9. The van der Waals surface area contributed by atoms with Crippen molar-refractivity contribution >= 4 is 39.9 Å². The summed E-state index contributed by atoms with van der Waals surface area (Å²) in [5, 5.41) is 3.64. The van der Waals surface area contributed by atoms with Crippen molar-refractivity contribution in [3.8, 4) is 0 Å². The van der Waals surface area contributed by atoms with Crippen molar-refractivity contribution in [2.75, 3.05) is 27.2 Å². The van der Waals surface area contributed by atoms with Crippen molar-refractivity contribution in [3.63, 3.8) is 0 Å². The van der Waals surface area contributed by atoms with Crippen LogP contribution in [0.15, 0.2) is 4.79 Å². The zero-order valence-corrected chi connectivity index (χ0v) is 15.1. The van der Waals surface area contributed by atoms with E-state index < -0.39 is 0 Å². The molecule has 23 heavy (non-hydrogen) atoms. The number of likely N-dealkylation sites (N-methyl/N-ethyl adjacent to an activating group) is 2. The minimum Gasteiger partial charge on any atom is -0.340 e. The maximum atomic E-state index is 12.6. The summed E-state index contributed by atoms with van der Waals surface area (Å²) < 4.78 is 1.75. The number of hydrogen-bond donors (Lipinski definition) is 1. The smallest absolute Gasteiger partial charge is 0.264 e. The second kappa shape index (κ2) is 6.98. The number of amides is 1. The fourth-order valence-electron chi connectivity index (χ4n) is 2.83. The number of nitrogens with one attached hydrogen (secondary N) is 1. The molecule has 0 atom stereocenters. The monoisotopic (exact) mass is 356 g/mol. The van der Waals surface area contributed by atoms with Gasteiger partial charge < -0.3 is 10.2 Å². The molecule has 126 valence electrons. The normalized spacial score (nSPS) is 13.0. The van der Waals surface area contributed by atoms with Gasteiger partial charge in [0, 0.05) is 33.1 Å². The van der Waals surface area contributed by atoms with Gasteiger partial charge in [-0.3, -0.25) is 14.2 Å². The number of fused-ring (bicyclic) bond motifs is 2. The van der Waals surface area contributed by atoms with E-state index in [4.69, 9.17) is 0 Å². The Labute approximate surface area is 144 Å². The lowest BCUT2D eigenvalue weighted by Gasteiger charge is -2.16. The second-order valence-corrected chi connectivity index (χ2v) is 6.65.